The van der Waals surface area contributed by atoms with Crippen molar-refractivity contribution in [3.8, 4) is 17.2 Å². The van der Waals surface area contributed by atoms with Gasteiger partial charge in [-0.2, -0.15) is 0 Å². The van der Waals surface area contributed by atoms with Crippen LogP contribution in [0.5, 0.6) is 17.2 Å². The molecule has 0 saturated carbocycles. The van der Waals surface area contributed by atoms with Gasteiger partial charge in [0, 0.05) is 0 Å². The first-order valence-corrected chi connectivity index (χ1v) is 7.00. The number of fused-ring (bicyclic) bond motifs is 1. The zero-order chi connectivity index (χ0) is 15.7. The molecule has 0 fully saturated rings. The molecule has 5 heteroatoms. The number of ether oxygens (including phenoxy) is 2. The molecule has 5 nitrogen and oxygen atoms in total. The number of hydrogen-bond donors (Lipinski definition) is 2. The van der Waals surface area contributed by atoms with E-state index in [-0.39, 0.29) is 0 Å². The Morgan fingerprint density at radius 1 is 1.14 bits per heavy atom. The number of methoxy groups -OCH3 is 1. The quantitative estimate of drug-likeness (QED) is 0.907. The van der Waals surface area contributed by atoms with Crippen LogP contribution >= 0.6 is 0 Å². The highest BCUT2D eigenvalue weighted by atomic mass is 16.5. The molecule has 1 aliphatic rings. The summed E-state index contributed by atoms with van der Waals surface area (Å²) in [5.74, 6) is 1.13. The van der Waals surface area contributed by atoms with Gasteiger partial charge >= 0.3 is 5.97 Å². The second kappa shape index (κ2) is 5.35. The van der Waals surface area contributed by atoms with Gasteiger partial charge in [0.2, 0.25) is 0 Å². The number of carboxylic acids is 1. The SMILES string of the molecule is COc1ccc(Oc2ccc3c(c2)CCC3(N)C(=O)O)cc1. The lowest BCUT2D eigenvalue weighted by atomic mass is 9.93. The van der Waals surface area contributed by atoms with Gasteiger partial charge in [0.05, 0.1) is 7.11 Å². The molecule has 2 aromatic rings. The molecule has 0 heterocycles. The molecular weight excluding hydrogens is 282 g/mol. The molecule has 1 unspecified atom stereocenters. The van der Waals surface area contributed by atoms with Crippen LogP contribution in [-0.4, -0.2) is 18.2 Å². The summed E-state index contributed by atoms with van der Waals surface area (Å²) in [6.07, 6.45) is 1.04. The van der Waals surface area contributed by atoms with Gasteiger partial charge in [0.1, 0.15) is 22.8 Å². The lowest BCUT2D eigenvalue weighted by Gasteiger charge is -2.19. The normalized spacial score (nSPS) is 19.5. The van der Waals surface area contributed by atoms with Gasteiger partial charge in [-0.1, -0.05) is 6.07 Å². The van der Waals surface area contributed by atoms with E-state index in [1.807, 2.05) is 30.3 Å². The summed E-state index contributed by atoms with van der Waals surface area (Å²) in [6, 6.07) is 12.6. The fourth-order valence-electron chi connectivity index (χ4n) is 2.74. The van der Waals surface area contributed by atoms with E-state index in [1.165, 1.54) is 0 Å². The van der Waals surface area contributed by atoms with Crippen molar-refractivity contribution in [1.29, 1.82) is 0 Å². The van der Waals surface area contributed by atoms with E-state index in [0.29, 0.717) is 29.9 Å². The Balaban J connectivity index is 1.84. The molecule has 2 aromatic carbocycles. The fraction of sp³-hybridized carbons (Fsp3) is 0.235. The van der Waals surface area contributed by atoms with Crippen LogP contribution in [0.3, 0.4) is 0 Å². The highest BCUT2D eigenvalue weighted by molar-refractivity contribution is 5.82. The van der Waals surface area contributed by atoms with Crippen molar-refractivity contribution < 1.29 is 19.4 Å². The number of carboxylic acid groups (broad SMARTS) is 1. The molecule has 0 amide bonds. The molecule has 0 spiro atoms. The number of hydrogen-bond acceptors (Lipinski definition) is 4. The molecule has 0 aliphatic heterocycles. The number of rotatable bonds is 4. The molecule has 1 atom stereocenters. The predicted molar refractivity (Wildman–Crippen MR) is 81.3 cm³/mol. The molecule has 3 rings (SSSR count). The minimum absolute atomic E-state index is 0.406. The van der Waals surface area contributed by atoms with Gasteiger partial charge in [0.25, 0.3) is 0 Å². The maximum Gasteiger partial charge on any atom is 0.328 e. The van der Waals surface area contributed by atoms with E-state index in [1.54, 1.807) is 19.2 Å². The van der Waals surface area contributed by atoms with Crippen molar-refractivity contribution >= 4 is 5.97 Å². The smallest absolute Gasteiger partial charge is 0.328 e. The molecule has 0 saturated heterocycles. The predicted octanol–water partition coefficient (Wildman–Crippen LogP) is 2.67. The van der Waals surface area contributed by atoms with Crippen LogP contribution in [0.25, 0.3) is 0 Å². The van der Waals surface area contributed by atoms with E-state index in [9.17, 15) is 9.90 Å². The molecule has 114 valence electrons. The third-order valence-corrected chi connectivity index (χ3v) is 4.02. The molecule has 1 aliphatic carbocycles. The number of benzene rings is 2. The van der Waals surface area contributed by atoms with Gasteiger partial charge in [-0.3, -0.25) is 0 Å². The lowest BCUT2D eigenvalue weighted by molar-refractivity contribution is -0.143. The van der Waals surface area contributed by atoms with Crippen LogP contribution in [0.15, 0.2) is 42.5 Å². The Hall–Kier alpha value is -2.53. The van der Waals surface area contributed by atoms with Crippen molar-refractivity contribution in [2.45, 2.75) is 18.4 Å². The summed E-state index contributed by atoms with van der Waals surface area (Å²) in [5, 5.41) is 9.31. The van der Waals surface area contributed by atoms with Gasteiger partial charge in [-0.05, 0) is 60.4 Å². The molecular formula is C17H17NO4. The average Bonchev–Trinajstić information content (AvgIpc) is 2.86. The van der Waals surface area contributed by atoms with Gasteiger partial charge in [0.15, 0.2) is 0 Å². The summed E-state index contributed by atoms with van der Waals surface area (Å²) < 4.78 is 10.9. The summed E-state index contributed by atoms with van der Waals surface area (Å²) in [6.45, 7) is 0. The number of nitrogens with two attached hydrogens (primary N) is 1. The molecule has 0 bridgehead atoms. The van der Waals surface area contributed by atoms with Crippen LogP contribution < -0.4 is 15.2 Å². The van der Waals surface area contributed by atoms with Crippen molar-refractivity contribution in [1.82, 2.24) is 0 Å². The van der Waals surface area contributed by atoms with E-state index >= 15 is 0 Å². The number of aliphatic carboxylic acids is 1. The van der Waals surface area contributed by atoms with Crippen molar-refractivity contribution in [2.75, 3.05) is 7.11 Å². The van der Waals surface area contributed by atoms with Crippen molar-refractivity contribution in [3.63, 3.8) is 0 Å². The highest BCUT2D eigenvalue weighted by Crippen LogP contribution is 2.37. The first-order valence-electron chi connectivity index (χ1n) is 7.00. The van der Waals surface area contributed by atoms with Gasteiger partial charge in [-0.25, -0.2) is 4.79 Å². The zero-order valence-corrected chi connectivity index (χ0v) is 12.2. The lowest BCUT2D eigenvalue weighted by Crippen LogP contribution is -2.42. The van der Waals surface area contributed by atoms with Gasteiger partial charge < -0.3 is 20.3 Å². The Morgan fingerprint density at radius 2 is 1.77 bits per heavy atom. The minimum atomic E-state index is -1.28. The van der Waals surface area contributed by atoms with Crippen LogP contribution in [0.2, 0.25) is 0 Å². The Kier molecular flexibility index (Phi) is 3.50. The molecule has 0 radical (unpaired) electrons. The summed E-state index contributed by atoms with van der Waals surface area (Å²) in [7, 11) is 1.61. The first-order chi connectivity index (χ1) is 10.5. The largest absolute Gasteiger partial charge is 0.497 e. The topological polar surface area (TPSA) is 81.8 Å². The fourth-order valence-corrected chi connectivity index (χ4v) is 2.74. The van der Waals surface area contributed by atoms with E-state index in [4.69, 9.17) is 15.2 Å². The Morgan fingerprint density at radius 3 is 2.41 bits per heavy atom. The summed E-state index contributed by atoms with van der Waals surface area (Å²) in [5.41, 5.74) is 6.31. The number of aryl methyl sites for hydroxylation is 1. The maximum atomic E-state index is 11.4. The highest BCUT2D eigenvalue weighted by Gasteiger charge is 2.42. The Labute approximate surface area is 128 Å². The van der Waals surface area contributed by atoms with E-state index < -0.39 is 11.5 Å². The van der Waals surface area contributed by atoms with Crippen LogP contribution in [0.1, 0.15) is 17.5 Å². The summed E-state index contributed by atoms with van der Waals surface area (Å²) >= 11 is 0. The van der Waals surface area contributed by atoms with Gasteiger partial charge in [-0.15, -0.1) is 0 Å². The zero-order valence-electron chi connectivity index (χ0n) is 12.2. The third kappa shape index (κ3) is 2.40. The van der Waals surface area contributed by atoms with E-state index in [2.05, 4.69) is 0 Å². The Bertz CT molecular complexity index is 711. The average molecular weight is 299 g/mol. The number of carbonyl (C=O) groups is 1. The van der Waals surface area contributed by atoms with Crippen molar-refractivity contribution in [3.05, 3.63) is 53.6 Å². The van der Waals surface area contributed by atoms with E-state index in [0.717, 1.165) is 11.3 Å². The van der Waals surface area contributed by atoms with Crippen LogP contribution in [0.4, 0.5) is 0 Å². The first kappa shape index (κ1) is 14.4. The maximum absolute atomic E-state index is 11.4. The van der Waals surface area contributed by atoms with Crippen molar-refractivity contribution in [2.24, 2.45) is 5.73 Å². The monoisotopic (exact) mass is 299 g/mol. The molecule has 22 heavy (non-hydrogen) atoms. The van der Waals surface area contributed by atoms with Crippen LogP contribution in [0, 0.1) is 0 Å². The minimum Gasteiger partial charge on any atom is -0.497 e. The molecule has 0 aromatic heterocycles. The standard InChI is InChI=1S/C17H17NO4/c1-21-12-2-4-13(5-3-12)22-14-6-7-15-11(10-14)8-9-17(15,18)16(19)20/h2-7,10H,8-9,18H2,1H3,(H,19,20). The molecule has 3 N–H and O–H groups in total. The second-order valence-corrected chi connectivity index (χ2v) is 5.37. The third-order valence-electron chi connectivity index (χ3n) is 4.02. The van der Waals surface area contributed by atoms with Crippen LogP contribution in [-0.2, 0) is 16.8 Å². The summed E-state index contributed by atoms with van der Waals surface area (Å²) in [4.78, 5) is 11.4. The second-order valence-electron chi connectivity index (χ2n) is 5.37.